The number of aliphatic hydroxyl groups is 1. The number of hydrogen-bond acceptors (Lipinski definition) is 6. The van der Waals surface area contributed by atoms with Gasteiger partial charge in [0.2, 0.25) is 11.0 Å². The van der Waals surface area contributed by atoms with Crippen LogP contribution in [-0.2, 0) is 14.4 Å². The van der Waals surface area contributed by atoms with Crippen molar-refractivity contribution < 1.29 is 33.7 Å². The number of aliphatic carboxylic acids is 1. The molecule has 1 heterocycles. The zero-order valence-electron chi connectivity index (χ0n) is 16.2. The molecule has 0 spiro atoms. The predicted molar refractivity (Wildman–Crippen MR) is 105 cm³/mol. The SMILES string of the molecule is C[C@@H](O)[C@H]1C(=O)N(C(C(=O)O)=C(Oc2ccc(F)cc2)SC(=O)C(C)(C)C)[C@H]1Cl. The molecule has 3 atom stereocenters. The Morgan fingerprint density at radius 1 is 1.28 bits per heavy atom. The molecule has 0 aromatic heterocycles. The molecule has 2 N–H and O–H groups in total. The van der Waals surface area contributed by atoms with Gasteiger partial charge in [-0.3, -0.25) is 14.5 Å². The first-order chi connectivity index (χ1) is 13.3. The summed E-state index contributed by atoms with van der Waals surface area (Å²) in [6, 6.07) is 4.72. The molecule has 1 aliphatic rings. The Labute approximate surface area is 176 Å². The van der Waals surface area contributed by atoms with Crippen molar-refractivity contribution >= 4 is 40.4 Å². The van der Waals surface area contributed by atoms with E-state index in [-0.39, 0.29) is 10.8 Å². The summed E-state index contributed by atoms with van der Waals surface area (Å²) in [5.74, 6) is -3.69. The third kappa shape index (κ3) is 5.09. The van der Waals surface area contributed by atoms with E-state index in [2.05, 4.69) is 0 Å². The van der Waals surface area contributed by atoms with Crippen LogP contribution < -0.4 is 4.74 Å². The first-order valence-electron chi connectivity index (χ1n) is 8.63. The van der Waals surface area contributed by atoms with Gasteiger partial charge >= 0.3 is 5.97 Å². The number of thioether (sulfide) groups is 1. The maximum absolute atomic E-state index is 13.2. The lowest BCUT2D eigenvalue weighted by molar-refractivity contribution is -0.158. The zero-order valence-corrected chi connectivity index (χ0v) is 17.8. The first kappa shape index (κ1) is 23.2. The molecule has 1 fully saturated rings. The normalized spacial score (nSPS) is 21.2. The number of carbonyl (C=O) groups is 3. The van der Waals surface area contributed by atoms with Gasteiger partial charge in [-0.2, -0.15) is 0 Å². The summed E-state index contributed by atoms with van der Waals surface area (Å²) in [6.45, 7) is 6.29. The van der Waals surface area contributed by atoms with E-state index in [1.54, 1.807) is 20.8 Å². The number of aliphatic hydroxyl groups excluding tert-OH is 1. The second kappa shape index (κ2) is 8.73. The van der Waals surface area contributed by atoms with E-state index in [1.165, 1.54) is 19.1 Å². The monoisotopic (exact) mass is 445 g/mol. The van der Waals surface area contributed by atoms with Gasteiger partial charge in [0.25, 0.3) is 0 Å². The van der Waals surface area contributed by atoms with Crippen LogP contribution >= 0.6 is 23.4 Å². The highest BCUT2D eigenvalue weighted by molar-refractivity contribution is 8.16. The van der Waals surface area contributed by atoms with Gasteiger partial charge in [0.05, 0.1) is 12.0 Å². The average molecular weight is 446 g/mol. The number of nitrogens with zero attached hydrogens (tertiary/aromatic N) is 1. The van der Waals surface area contributed by atoms with Crippen molar-refractivity contribution in [1.82, 2.24) is 4.90 Å². The van der Waals surface area contributed by atoms with Gasteiger partial charge in [-0.15, -0.1) is 0 Å². The molecular weight excluding hydrogens is 425 g/mol. The van der Waals surface area contributed by atoms with E-state index in [4.69, 9.17) is 16.3 Å². The minimum Gasteiger partial charge on any atom is -0.476 e. The second-order valence-corrected chi connectivity index (χ2v) is 8.88. The molecular formula is C19H21ClFNO6S. The smallest absolute Gasteiger partial charge is 0.357 e. The molecule has 0 unspecified atom stereocenters. The summed E-state index contributed by atoms with van der Waals surface area (Å²) >= 11 is 6.66. The maximum Gasteiger partial charge on any atom is 0.357 e. The van der Waals surface area contributed by atoms with Gasteiger partial charge in [-0.05, 0) is 43.0 Å². The number of halogens is 2. The van der Waals surface area contributed by atoms with Gasteiger partial charge in [0.1, 0.15) is 17.1 Å². The molecule has 29 heavy (non-hydrogen) atoms. The van der Waals surface area contributed by atoms with Crippen molar-refractivity contribution in [3.63, 3.8) is 0 Å². The van der Waals surface area contributed by atoms with Crippen LogP contribution in [0.1, 0.15) is 27.7 Å². The Morgan fingerprint density at radius 3 is 2.24 bits per heavy atom. The molecule has 0 radical (unpaired) electrons. The van der Waals surface area contributed by atoms with E-state index in [1.807, 2.05) is 0 Å². The first-order valence-corrected chi connectivity index (χ1v) is 9.88. The molecule has 1 saturated heterocycles. The minimum atomic E-state index is -1.54. The molecule has 10 heteroatoms. The summed E-state index contributed by atoms with van der Waals surface area (Å²) < 4.78 is 18.7. The van der Waals surface area contributed by atoms with E-state index in [9.17, 15) is 29.0 Å². The van der Waals surface area contributed by atoms with Crippen LogP contribution in [0.2, 0.25) is 0 Å². The standard InChI is InChI=1S/C19H21ClFNO6S/c1-9(23)12-14(20)22(15(12)24)13(16(25)26)17(29-18(27)19(2,3)4)28-11-7-5-10(21)6-8-11/h5-9,12,14,23H,1-4H3,(H,25,26)/t9-,12-,14-/m1/s1. The maximum atomic E-state index is 13.2. The molecule has 1 amide bonds. The van der Waals surface area contributed by atoms with E-state index in [0.717, 1.165) is 17.0 Å². The van der Waals surface area contributed by atoms with Gasteiger partial charge in [-0.25, -0.2) is 9.18 Å². The van der Waals surface area contributed by atoms with Crippen molar-refractivity contribution in [2.45, 2.75) is 39.3 Å². The molecule has 1 aromatic carbocycles. The second-order valence-electron chi connectivity index (χ2n) is 7.48. The number of β-lactam (4-membered cyclic amide) rings is 1. The van der Waals surface area contributed by atoms with Crippen LogP contribution in [0.4, 0.5) is 4.39 Å². The lowest BCUT2D eigenvalue weighted by Crippen LogP contribution is -2.62. The molecule has 2 rings (SSSR count). The molecule has 1 aliphatic heterocycles. The number of carboxylic acid groups (broad SMARTS) is 1. The predicted octanol–water partition coefficient (Wildman–Crippen LogP) is 3.17. The zero-order chi connectivity index (χ0) is 22.1. The van der Waals surface area contributed by atoms with E-state index >= 15 is 0 Å². The number of hydrogen-bond donors (Lipinski definition) is 2. The third-order valence-electron chi connectivity index (χ3n) is 4.04. The molecule has 0 saturated carbocycles. The summed E-state index contributed by atoms with van der Waals surface area (Å²) in [4.78, 5) is 37.7. The van der Waals surface area contributed by atoms with Crippen molar-refractivity contribution in [3.05, 3.63) is 40.9 Å². The van der Waals surface area contributed by atoms with Crippen LogP contribution in [0.25, 0.3) is 0 Å². The van der Waals surface area contributed by atoms with Crippen molar-refractivity contribution in [3.8, 4) is 5.75 Å². The van der Waals surface area contributed by atoms with Crippen LogP contribution in [0.5, 0.6) is 5.75 Å². The number of alkyl halides is 1. The Kier molecular flexibility index (Phi) is 6.97. The Morgan fingerprint density at radius 2 is 1.83 bits per heavy atom. The third-order valence-corrected chi connectivity index (χ3v) is 5.77. The largest absolute Gasteiger partial charge is 0.476 e. The molecule has 0 aliphatic carbocycles. The van der Waals surface area contributed by atoms with Gasteiger partial charge < -0.3 is 14.9 Å². The number of carboxylic acids is 1. The highest BCUT2D eigenvalue weighted by Gasteiger charge is 2.53. The molecule has 7 nitrogen and oxygen atoms in total. The Hall–Kier alpha value is -2.10. The van der Waals surface area contributed by atoms with Gasteiger partial charge in [0, 0.05) is 5.41 Å². The lowest BCUT2D eigenvalue weighted by atomic mass is 9.92. The Balaban J connectivity index is 2.52. The van der Waals surface area contributed by atoms with E-state index in [0.29, 0.717) is 11.8 Å². The van der Waals surface area contributed by atoms with E-state index < -0.39 is 51.4 Å². The van der Waals surface area contributed by atoms with Gasteiger partial charge in [-0.1, -0.05) is 32.4 Å². The molecule has 0 bridgehead atoms. The highest BCUT2D eigenvalue weighted by Crippen LogP contribution is 2.40. The van der Waals surface area contributed by atoms with Crippen LogP contribution in [-0.4, -0.2) is 43.7 Å². The van der Waals surface area contributed by atoms with Crippen molar-refractivity contribution in [2.24, 2.45) is 11.3 Å². The van der Waals surface area contributed by atoms with Crippen molar-refractivity contribution in [2.75, 3.05) is 0 Å². The number of rotatable bonds is 6. The highest BCUT2D eigenvalue weighted by atomic mass is 35.5. The quantitative estimate of drug-likeness (QED) is 0.228. The fraction of sp³-hybridized carbons (Fsp3) is 0.421. The number of likely N-dealkylation sites (tertiary alicyclic amines) is 1. The van der Waals surface area contributed by atoms with Gasteiger partial charge in [0.15, 0.2) is 10.8 Å². The number of carbonyl (C=O) groups excluding carboxylic acids is 2. The topological polar surface area (TPSA) is 104 Å². The minimum absolute atomic E-state index is 0.0699. The number of ether oxygens (including phenoxy) is 1. The molecule has 158 valence electrons. The summed E-state index contributed by atoms with van der Waals surface area (Å²) in [6.07, 6.45) is -1.08. The fourth-order valence-electron chi connectivity index (χ4n) is 2.40. The summed E-state index contributed by atoms with van der Waals surface area (Å²) in [5.41, 5.74) is -2.60. The van der Waals surface area contributed by atoms with Crippen LogP contribution in [0, 0.1) is 17.2 Å². The fourth-order valence-corrected chi connectivity index (χ4v) is 3.81. The van der Waals surface area contributed by atoms with Crippen LogP contribution in [0.15, 0.2) is 35.1 Å². The Bertz CT molecular complexity index is 849. The lowest BCUT2D eigenvalue weighted by Gasteiger charge is -2.44. The van der Waals surface area contributed by atoms with Crippen LogP contribution in [0.3, 0.4) is 0 Å². The van der Waals surface area contributed by atoms with Crippen molar-refractivity contribution in [1.29, 1.82) is 0 Å². The number of amides is 1. The summed E-state index contributed by atoms with van der Waals surface area (Å²) in [5, 5.41) is 18.6. The number of benzene rings is 1. The summed E-state index contributed by atoms with van der Waals surface area (Å²) in [7, 11) is 0. The average Bonchev–Trinajstić information content (AvgIpc) is 2.59. The molecule has 1 aromatic rings.